The molecule has 0 aromatic rings. The molecule has 0 saturated carbocycles. The Morgan fingerprint density at radius 2 is 1.94 bits per heavy atom. The molecule has 1 aliphatic heterocycles. The van der Waals surface area contributed by atoms with Crippen molar-refractivity contribution in [3.63, 3.8) is 0 Å². The van der Waals surface area contributed by atoms with E-state index >= 15 is 0 Å². The van der Waals surface area contributed by atoms with E-state index in [9.17, 15) is 13.2 Å². The molecule has 0 aliphatic carbocycles. The van der Waals surface area contributed by atoms with E-state index in [0.717, 1.165) is 17.1 Å². The third kappa shape index (κ3) is 3.66. The lowest BCUT2D eigenvalue weighted by Crippen LogP contribution is -2.48. The van der Waals surface area contributed by atoms with Crippen LogP contribution in [0.2, 0.25) is 0 Å². The number of piperidine rings is 1. The molecule has 0 amide bonds. The van der Waals surface area contributed by atoms with Crippen LogP contribution in [0.3, 0.4) is 0 Å². The summed E-state index contributed by atoms with van der Waals surface area (Å²) in [5.74, 6) is 0.0259. The van der Waals surface area contributed by atoms with Crippen molar-refractivity contribution in [2.24, 2.45) is 5.92 Å². The Morgan fingerprint density at radius 3 is 2.39 bits per heavy atom. The van der Waals surface area contributed by atoms with Gasteiger partial charge in [-0.05, 0) is 18.8 Å². The highest BCUT2D eigenvalue weighted by Crippen LogP contribution is 2.20. The zero-order chi connectivity index (χ0) is 13.8. The second-order valence-corrected chi connectivity index (χ2v) is 6.52. The van der Waals surface area contributed by atoms with Gasteiger partial charge in [0, 0.05) is 19.6 Å². The van der Waals surface area contributed by atoms with Crippen molar-refractivity contribution in [3.8, 4) is 0 Å². The van der Waals surface area contributed by atoms with E-state index < -0.39 is 16.2 Å². The van der Waals surface area contributed by atoms with Crippen molar-refractivity contribution in [2.45, 2.75) is 26.7 Å². The summed E-state index contributed by atoms with van der Waals surface area (Å²) in [4.78, 5) is 11.2. The zero-order valence-corrected chi connectivity index (χ0v) is 12.1. The number of methoxy groups -OCH3 is 1. The number of esters is 1. The van der Waals surface area contributed by atoms with Gasteiger partial charge in [0.2, 0.25) is 0 Å². The first kappa shape index (κ1) is 15.4. The fraction of sp³-hybridized carbons (Fsp3) is 0.909. The Hall–Kier alpha value is -0.660. The molecule has 0 spiro atoms. The molecule has 1 aliphatic rings. The first-order valence-electron chi connectivity index (χ1n) is 6.23. The van der Waals surface area contributed by atoms with Gasteiger partial charge in [0.15, 0.2) is 0 Å². The lowest BCUT2D eigenvalue weighted by Gasteiger charge is -2.33. The quantitative estimate of drug-likeness (QED) is 0.685. The van der Waals surface area contributed by atoms with E-state index in [1.54, 1.807) is 6.92 Å². The van der Waals surface area contributed by atoms with Gasteiger partial charge in [0.05, 0.1) is 7.11 Å². The van der Waals surface area contributed by atoms with Gasteiger partial charge in [-0.3, -0.25) is 4.79 Å². The number of carbonyl (C=O) groups excluding carboxylic acids is 1. The van der Waals surface area contributed by atoms with Crippen LogP contribution in [0.15, 0.2) is 0 Å². The summed E-state index contributed by atoms with van der Waals surface area (Å²) in [6.07, 6.45) is 1.74. The molecule has 18 heavy (non-hydrogen) atoms. The van der Waals surface area contributed by atoms with Gasteiger partial charge < -0.3 is 4.74 Å². The molecule has 1 heterocycles. The SMILES string of the molecule is CCN(CC(=O)OC)S(=O)(=O)N1CCC(C)CC1. The van der Waals surface area contributed by atoms with Gasteiger partial charge in [-0.15, -0.1) is 0 Å². The van der Waals surface area contributed by atoms with Crippen molar-refractivity contribution in [1.29, 1.82) is 0 Å². The van der Waals surface area contributed by atoms with Crippen molar-refractivity contribution < 1.29 is 17.9 Å². The van der Waals surface area contributed by atoms with Gasteiger partial charge in [-0.2, -0.15) is 17.0 Å². The molecular formula is C11H22N2O4S. The van der Waals surface area contributed by atoms with Crippen LogP contribution in [0.4, 0.5) is 0 Å². The Bertz CT molecular complexity index is 375. The van der Waals surface area contributed by atoms with Crippen LogP contribution in [0, 0.1) is 5.92 Å². The summed E-state index contributed by atoms with van der Waals surface area (Å²) in [5.41, 5.74) is 0. The molecule has 0 N–H and O–H groups in total. The predicted octanol–water partition coefficient (Wildman–Crippen LogP) is 0.458. The lowest BCUT2D eigenvalue weighted by atomic mass is 10.0. The van der Waals surface area contributed by atoms with E-state index in [4.69, 9.17) is 0 Å². The Labute approximate surface area is 109 Å². The fourth-order valence-corrected chi connectivity index (χ4v) is 3.54. The molecule has 0 radical (unpaired) electrons. The molecule has 1 rings (SSSR count). The standard InChI is InChI=1S/C11H22N2O4S/c1-4-12(9-11(14)17-3)18(15,16)13-7-5-10(2)6-8-13/h10H,4-9H2,1-3H3. The average molecular weight is 278 g/mol. The van der Waals surface area contributed by atoms with Crippen LogP contribution in [0.5, 0.6) is 0 Å². The van der Waals surface area contributed by atoms with Crippen LogP contribution >= 0.6 is 0 Å². The van der Waals surface area contributed by atoms with Crippen LogP contribution < -0.4 is 0 Å². The highest BCUT2D eigenvalue weighted by atomic mass is 32.2. The smallest absolute Gasteiger partial charge is 0.321 e. The summed E-state index contributed by atoms with van der Waals surface area (Å²) in [6, 6.07) is 0. The number of hydrogen-bond donors (Lipinski definition) is 0. The lowest BCUT2D eigenvalue weighted by molar-refractivity contribution is -0.140. The highest BCUT2D eigenvalue weighted by molar-refractivity contribution is 7.86. The molecular weight excluding hydrogens is 256 g/mol. The van der Waals surface area contributed by atoms with Crippen LogP contribution in [0.1, 0.15) is 26.7 Å². The van der Waals surface area contributed by atoms with Crippen LogP contribution in [-0.2, 0) is 19.7 Å². The molecule has 0 atom stereocenters. The minimum Gasteiger partial charge on any atom is -0.468 e. The maximum atomic E-state index is 12.3. The largest absolute Gasteiger partial charge is 0.468 e. The minimum absolute atomic E-state index is 0.221. The molecule has 0 aromatic carbocycles. The topological polar surface area (TPSA) is 66.9 Å². The predicted molar refractivity (Wildman–Crippen MR) is 68.2 cm³/mol. The Kier molecular flexibility index (Phi) is 5.55. The summed E-state index contributed by atoms with van der Waals surface area (Å²) in [5, 5.41) is 0. The first-order valence-corrected chi connectivity index (χ1v) is 7.63. The molecule has 7 heteroatoms. The molecule has 0 bridgehead atoms. The molecule has 1 saturated heterocycles. The number of rotatable bonds is 5. The number of nitrogens with zero attached hydrogens (tertiary/aromatic N) is 2. The van der Waals surface area contributed by atoms with Crippen LogP contribution in [-0.4, -0.2) is 56.3 Å². The number of carbonyl (C=O) groups is 1. The number of hydrogen-bond acceptors (Lipinski definition) is 4. The molecule has 6 nitrogen and oxygen atoms in total. The monoisotopic (exact) mass is 278 g/mol. The average Bonchev–Trinajstić information content (AvgIpc) is 2.35. The normalized spacial score (nSPS) is 19.1. The summed E-state index contributed by atoms with van der Waals surface area (Å²) < 4.78 is 31.8. The van der Waals surface area contributed by atoms with Gasteiger partial charge >= 0.3 is 5.97 Å². The molecule has 0 unspecified atom stereocenters. The number of likely N-dealkylation sites (N-methyl/N-ethyl adjacent to an activating group) is 1. The van der Waals surface area contributed by atoms with Gasteiger partial charge in [0.1, 0.15) is 6.54 Å². The van der Waals surface area contributed by atoms with E-state index in [1.165, 1.54) is 11.4 Å². The summed E-state index contributed by atoms with van der Waals surface area (Å²) >= 11 is 0. The van der Waals surface area contributed by atoms with E-state index in [1.807, 2.05) is 0 Å². The molecule has 0 aromatic heterocycles. The van der Waals surface area contributed by atoms with Crippen molar-refractivity contribution in [3.05, 3.63) is 0 Å². The number of ether oxygens (including phenoxy) is 1. The van der Waals surface area contributed by atoms with E-state index in [-0.39, 0.29) is 13.1 Å². The fourth-order valence-electron chi connectivity index (χ4n) is 1.94. The first-order chi connectivity index (χ1) is 8.41. The Morgan fingerprint density at radius 1 is 1.39 bits per heavy atom. The van der Waals surface area contributed by atoms with E-state index in [0.29, 0.717) is 19.0 Å². The van der Waals surface area contributed by atoms with Crippen molar-refractivity contribution >= 4 is 16.2 Å². The third-order valence-electron chi connectivity index (χ3n) is 3.28. The molecule has 1 fully saturated rings. The summed E-state index contributed by atoms with van der Waals surface area (Å²) in [6.45, 7) is 4.94. The maximum absolute atomic E-state index is 12.3. The van der Waals surface area contributed by atoms with Gasteiger partial charge in [-0.25, -0.2) is 0 Å². The highest BCUT2D eigenvalue weighted by Gasteiger charge is 2.32. The second kappa shape index (κ2) is 6.49. The maximum Gasteiger partial charge on any atom is 0.321 e. The van der Waals surface area contributed by atoms with Gasteiger partial charge in [-0.1, -0.05) is 13.8 Å². The zero-order valence-electron chi connectivity index (χ0n) is 11.3. The Balaban J connectivity index is 2.73. The minimum atomic E-state index is -3.54. The third-order valence-corrected chi connectivity index (χ3v) is 5.34. The van der Waals surface area contributed by atoms with Gasteiger partial charge in [0.25, 0.3) is 10.2 Å². The van der Waals surface area contributed by atoms with E-state index in [2.05, 4.69) is 11.7 Å². The van der Waals surface area contributed by atoms with Crippen molar-refractivity contribution in [2.75, 3.05) is 33.3 Å². The van der Waals surface area contributed by atoms with Crippen LogP contribution in [0.25, 0.3) is 0 Å². The second-order valence-electron chi connectivity index (χ2n) is 4.59. The summed E-state index contributed by atoms with van der Waals surface area (Å²) in [7, 11) is -2.28. The molecule has 106 valence electrons. The van der Waals surface area contributed by atoms with Crippen molar-refractivity contribution in [1.82, 2.24) is 8.61 Å².